The molecule has 1 atom stereocenters. The third kappa shape index (κ3) is 3.38. The molecule has 6 nitrogen and oxygen atoms in total. The summed E-state index contributed by atoms with van der Waals surface area (Å²) in [6.07, 6.45) is 2.90. The highest BCUT2D eigenvalue weighted by molar-refractivity contribution is 8.16. The number of nitrogens with one attached hydrogen (secondary N) is 2. The molecule has 1 heterocycles. The van der Waals surface area contributed by atoms with Crippen molar-refractivity contribution < 1.29 is 14.4 Å². The van der Waals surface area contributed by atoms with Gasteiger partial charge in [0.05, 0.1) is 0 Å². The summed E-state index contributed by atoms with van der Waals surface area (Å²) >= 11 is 1.34. The van der Waals surface area contributed by atoms with Gasteiger partial charge in [0, 0.05) is 7.05 Å². The quantitative estimate of drug-likeness (QED) is 0.591. The molecule has 1 aliphatic heterocycles. The minimum atomic E-state index is -0.653. The number of amidine groups is 1. The van der Waals surface area contributed by atoms with E-state index in [0.717, 1.165) is 25.7 Å². The molecule has 0 radical (unpaired) electrons. The first kappa shape index (κ1) is 14.8. The minimum Gasteiger partial charge on any atom is -0.323 e. The summed E-state index contributed by atoms with van der Waals surface area (Å²) in [5, 5.41) is 8.91. The SMILES string of the molecule is CCCCC1(CC)SC(=NOC(=O)NC)NC1=O. The van der Waals surface area contributed by atoms with E-state index in [-0.39, 0.29) is 5.91 Å². The standard InChI is InChI=1S/C11H19N3O3S/c1-4-6-7-11(5-2)8(15)13-9(18-11)14-17-10(16)12-3/h4-7H2,1-3H3,(H,12,16)(H,13,14,15). The van der Waals surface area contributed by atoms with Crippen molar-refractivity contribution in [1.29, 1.82) is 0 Å². The van der Waals surface area contributed by atoms with E-state index in [4.69, 9.17) is 0 Å². The van der Waals surface area contributed by atoms with Crippen LogP contribution in [0.25, 0.3) is 0 Å². The molecular weight excluding hydrogens is 254 g/mol. The normalized spacial score (nSPS) is 25.1. The third-order valence-corrected chi connectivity index (χ3v) is 4.29. The molecule has 0 spiro atoms. The lowest BCUT2D eigenvalue weighted by atomic mass is 9.97. The van der Waals surface area contributed by atoms with Gasteiger partial charge in [-0.05, 0) is 18.0 Å². The second-order valence-corrected chi connectivity index (χ2v) is 5.41. The van der Waals surface area contributed by atoms with Crippen LogP contribution in [0.15, 0.2) is 5.16 Å². The Morgan fingerprint density at radius 3 is 2.83 bits per heavy atom. The summed E-state index contributed by atoms with van der Waals surface area (Å²) in [7, 11) is 1.44. The number of oxime groups is 1. The van der Waals surface area contributed by atoms with Crippen LogP contribution in [0.1, 0.15) is 39.5 Å². The maximum absolute atomic E-state index is 12.0. The molecule has 0 aliphatic carbocycles. The minimum absolute atomic E-state index is 0.0530. The second-order valence-electron chi connectivity index (χ2n) is 4.03. The van der Waals surface area contributed by atoms with Gasteiger partial charge in [-0.3, -0.25) is 9.63 Å². The first-order valence-electron chi connectivity index (χ1n) is 6.05. The summed E-state index contributed by atoms with van der Waals surface area (Å²) in [4.78, 5) is 27.4. The number of amides is 2. The molecule has 0 saturated carbocycles. The van der Waals surface area contributed by atoms with E-state index in [1.807, 2.05) is 6.92 Å². The van der Waals surface area contributed by atoms with Crippen molar-refractivity contribution in [2.45, 2.75) is 44.3 Å². The van der Waals surface area contributed by atoms with Crippen molar-refractivity contribution >= 4 is 28.9 Å². The largest absolute Gasteiger partial charge is 0.433 e. The van der Waals surface area contributed by atoms with Gasteiger partial charge in [0.2, 0.25) is 11.1 Å². The molecule has 2 amide bonds. The van der Waals surface area contributed by atoms with Crippen molar-refractivity contribution in [1.82, 2.24) is 10.6 Å². The number of hydrogen-bond acceptors (Lipinski definition) is 5. The molecule has 0 aromatic rings. The summed E-state index contributed by atoms with van der Waals surface area (Å²) in [6, 6.07) is 0. The van der Waals surface area contributed by atoms with Crippen LogP contribution in [0, 0.1) is 0 Å². The number of unbranched alkanes of at least 4 members (excludes halogenated alkanes) is 1. The molecule has 2 N–H and O–H groups in total. The van der Waals surface area contributed by atoms with Crippen LogP contribution in [0.2, 0.25) is 0 Å². The van der Waals surface area contributed by atoms with Crippen molar-refractivity contribution in [2.75, 3.05) is 7.05 Å². The number of rotatable bonds is 5. The van der Waals surface area contributed by atoms with Crippen LogP contribution in [0.3, 0.4) is 0 Å². The molecule has 1 saturated heterocycles. The zero-order chi connectivity index (χ0) is 13.6. The average Bonchev–Trinajstić information content (AvgIpc) is 2.70. The van der Waals surface area contributed by atoms with Crippen LogP contribution in [0.4, 0.5) is 4.79 Å². The molecule has 7 heteroatoms. The van der Waals surface area contributed by atoms with E-state index < -0.39 is 10.8 Å². The predicted octanol–water partition coefficient (Wildman–Crippen LogP) is 1.82. The molecule has 18 heavy (non-hydrogen) atoms. The van der Waals surface area contributed by atoms with Crippen molar-refractivity contribution in [3.8, 4) is 0 Å². The Balaban J connectivity index is 2.69. The second kappa shape index (κ2) is 6.63. The summed E-state index contributed by atoms with van der Waals surface area (Å²) in [6.45, 7) is 4.06. The monoisotopic (exact) mass is 273 g/mol. The Bertz CT molecular complexity index is 359. The fourth-order valence-electron chi connectivity index (χ4n) is 1.67. The van der Waals surface area contributed by atoms with Gasteiger partial charge in [-0.15, -0.1) is 0 Å². The molecule has 0 aromatic carbocycles. The Morgan fingerprint density at radius 2 is 2.28 bits per heavy atom. The highest BCUT2D eigenvalue weighted by Crippen LogP contribution is 2.39. The number of carbonyl (C=O) groups is 2. The van der Waals surface area contributed by atoms with Gasteiger partial charge >= 0.3 is 6.09 Å². The number of nitrogens with zero attached hydrogens (tertiary/aromatic N) is 1. The van der Waals surface area contributed by atoms with Gasteiger partial charge in [0.25, 0.3) is 0 Å². The van der Waals surface area contributed by atoms with Crippen LogP contribution < -0.4 is 10.6 Å². The van der Waals surface area contributed by atoms with E-state index in [2.05, 4.69) is 27.6 Å². The van der Waals surface area contributed by atoms with Crippen molar-refractivity contribution in [3.63, 3.8) is 0 Å². The number of hydrogen-bond donors (Lipinski definition) is 2. The molecule has 102 valence electrons. The molecule has 0 aromatic heterocycles. The fraction of sp³-hybridized carbons (Fsp3) is 0.727. The Hall–Kier alpha value is -1.24. The van der Waals surface area contributed by atoms with Gasteiger partial charge < -0.3 is 10.6 Å². The molecule has 1 unspecified atom stereocenters. The Kier molecular flexibility index (Phi) is 5.46. The van der Waals surface area contributed by atoms with E-state index >= 15 is 0 Å². The molecular formula is C11H19N3O3S. The zero-order valence-electron chi connectivity index (χ0n) is 10.9. The third-order valence-electron chi connectivity index (χ3n) is 2.85. The highest BCUT2D eigenvalue weighted by atomic mass is 32.2. The lowest BCUT2D eigenvalue weighted by Crippen LogP contribution is -2.36. The van der Waals surface area contributed by atoms with Crippen LogP contribution >= 0.6 is 11.8 Å². The van der Waals surface area contributed by atoms with Gasteiger partial charge in [-0.1, -0.05) is 38.5 Å². The lowest BCUT2D eigenvalue weighted by Gasteiger charge is -2.21. The lowest BCUT2D eigenvalue weighted by molar-refractivity contribution is -0.121. The van der Waals surface area contributed by atoms with Gasteiger partial charge in [-0.25, -0.2) is 4.79 Å². The first-order chi connectivity index (χ1) is 8.57. The van der Waals surface area contributed by atoms with Gasteiger partial charge in [-0.2, -0.15) is 0 Å². The van der Waals surface area contributed by atoms with Crippen molar-refractivity contribution in [3.05, 3.63) is 0 Å². The topological polar surface area (TPSA) is 79.8 Å². The maximum atomic E-state index is 12.0. The average molecular weight is 273 g/mol. The Morgan fingerprint density at radius 1 is 1.56 bits per heavy atom. The van der Waals surface area contributed by atoms with E-state index in [9.17, 15) is 9.59 Å². The molecule has 1 fully saturated rings. The predicted molar refractivity (Wildman–Crippen MR) is 71.3 cm³/mol. The maximum Gasteiger partial charge on any atom is 0.433 e. The summed E-state index contributed by atoms with van der Waals surface area (Å²) in [5.74, 6) is -0.0530. The molecule has 0 bridgehead atoms. The van der Waals surface area contributed by atoms with Crippen LogP contribution in [-0.4, -0.2) is 29.0 Å². The summed E-state index contributed by atoms with van der Waals surface area (Å²) < 4.78 is -0.471. The molecule has 1 rings (SSSR count). The van der Waals surface area contributed by atoms with Crippen molar-refractivity contribution in [2.24, 2.45) is 5.16 Å². The number of thioether (sulfide) groups is 1. The van der Waals surface area contributed by atoms with Gasteiger partial charge in [0.1, 0.15) is 4.75 Å². The zero-order valence-corrected chi connectivity index (χ0v) is 11.7. The molecule has 1 aliphatic rings. The summed E-state index contributed by atoms with van der Waals surface area (Å²) in [5.41, 5.74) is 0. The first-order valence-corrected chi connectivity index (χ1v) is 6.86. The van der Waals surface area contributed by atoms with Crippen LogP contribution in [0.5, 0.6) is 0 Å². The van der Waals surface area contributed by atoms with E-state index in [1.54, 1.807) is 0 Å². The smallest absolute Gasteiger partial charge is 0.323 e. The van der Waals surface area contributed by atoms with Crippen LogP contribution in [-0.2, 0) is 9.63 Å². The van der Waals surface area contributed by atoms with E-state index in [1.165, 1.54) is 18.8 Å². The van der Waals surface area contributed by atoms with Gasteiger partial charge in [0.15, 0.2) is 0 Å². The highest BCUT2D eigenvalue weighted by Gasteiger charge is 2.45. The van der Waals surface area contributed by atoms with E-state index in [0.29, 0.717) is 5.17 Å². The fourth-order valence-corrected chi connectivity index (χ4v) is 2.80. The number of carbonyl (C=O) groups excluding carboxylic acids is 2. The Labute approximate surface area is 111 Å².